The molecule has 0 saturated carbocycles. The van der Waals surface area contributed by atoms with Crippen molar-refractivity contribution in [3.8, 4) is 0 Å². The smallest absolute Gasteiger partial charge is 0.209 e. The lowest BCUT2D eigenvalue weighted by molar-refractivity contribution is -0.118. The van der Waals surface area contributed by atoms with Gasteiger partial charge in [0.05, 0.1) is 0 Å². The molecule has 0 radical (unpaired) electrons. The van der Waals surface area contributed by atoms with Crippen LogP contribution in [0.25, 0.3) is 0 Å². The van der Waals surface area contributed by atoms with Gasteiger partial charge < -0.3 is 9.80 Å². The second-order valence-electron chi connectivity index (χ2n) is 3.40. The van der Waals surface area contributed by atoms with Crippen LogP contribution >= 0.6 is 0 Å². The maximum atomic E-state index is 10.5. The van der Waals surface area contributed by atoms with Crippen LogP contribution in [0.3, 0.4) is 0 Å². The predicted octanol–water partition coefficient (Wildman–Crippen LogP) is 0.167. The molecular formula is C8H16N2O. The molecule has 1 rings (SSSR count). The molecule has 2 atom stereocenters. The van der Waals surface area contributed by atoms with Crippen LogP contribution in [0.15, 0.2) is 0 Å². The van der Waals surface area contributed by atoms with E-state index in [-0.39, 0.29) is 0 Å². The van der Waals surface area contributed by atoms with E-state index in [1.165, 1.54) is 0 Å². The molecule has 0 aromatic heterocycles. The van der Waals surface area contributed by atoms with Gasteiger partial charge >= 0.3 is 0 Å². The highest BCUT2D eigenvalue weighted by Gasteiger charge is 2.30. The Labute approximate surface area is 68.0 Å². The van der Waals surface area contributed by atoms with Crippen molar-refractivity contribution in [3.05, 3.63) is 0 Å². The summed E-state index contributed by atoms with van der Waals surface area (Å²) in [7, 11) is 4.13. The Balaban J connectivity index is 2.55. The number of nitrogens with zero attached hydrogens (tertiary/aromatic N) is 2. The number of hydrogen-bond acceptors (Lipinski definition) is 2. The summed E-state index contributed by atoms with van der Waals surface area (Å²) < 4.78 is 0. The minimum absolute atomic E-state index is 0.377. The van der Waals surface area contributed by atoms with Crippen LogP contribution in [0.4, 0.5) is 0 Å². The highest BCUT2D eigenvalue weighted by molar-refractivity contribution is 5.48. The summed E-state index contributed by atoms with van der Waals surface area (Å²) >= 11 is 0. The Morgan fingerprint density at radius 1 is 1.55 bits per heavy atom. The molecular weight excluding hydrogens is 140 g/mol. The highest BCUT2D eigenvalue weighted by Crippen LogP contribution is 2.18. The van der Waals surface area contributed by atoms with E-state index in [1.807, 2.05) is 4.90 Å². The van der Waals surface area contributed by atoms with E-state index in [4.69, 9.17) is 0 Å². The Kier molecular flexibility index (Phi) is 2.49. The summed E-state index contributed by atoms with van der Waals surface area (Å²) in [6.07, 6.45) is 2.06. The lowest BCUT2D eigenvalue weighted by atomic mass is 10.1. The van der Waals surface area contributed by atoms with E-state index in [1.54, 1.807) is 0 Å². The average Bonchev–Trinajstić information content (AvgIpc) is 2.30. The van der Waals surface area contributed by atoms with Gasteiger partial charge in [0.1, 0.15) is 0 Å². The number of carbonyl (C=O) groups excluding carboxylic acids is 1. The fourth-order valence-corrected chi connectivity index (χ4v) is 1.79. The maximum absolute atomic E-state index is 10.5. The average molecular weight is 156 g/mol. The van der Waals surface area contributed by atoms with Gasteiger partial charge in [-0.15, -0.1) is 0 Å². The van der Waals surface area contributed by atoms with E-state index in [9.17, 15) is 4.79 Å². The van der Waals surface area contributed by atoms with Crippen molar-refractivity contribution in [2.24, 2.45) is 0 Å². The molecule has 0 aromatic rings. The van der Waals surface area contributed by atoms with Crippen molar-refractivity contribution in [2.75, 3.05) is 20.6 Å². The summed E-state index contributed by atoms with van der Waals surface area (Å²) in [5.41, 5.74) is 0. The zero-order valence-electron chi connectivity index (χ0n) is 7.45. The molecule has 3 heteroatoms. The second-order valence-corrected chi connectivity index (χ2v) is 3.40. The van der Waals surface area contributed by atoms with Gasteiger partial charge in [-0.1, -0.05) is 0 Å². The van der Waals surface area contributed by atoms with E-state index in [0.717, 1.165) is 19.4 Å². The molecule has 1 aliphatic rings. The summed E-state index contributed by atoms with van der Waals surface area (Å²) in [6.45, 7) is 3.01. The number of likely N-dealkylation sites (tertiary alicyclic amines) is 1. The normalized spacial score (nSPS) is 31.5. The first kappa shape index (κ1) is 8.53. The largest absolute Gasteiger partial charge is 0.341 e. The van der Waals surface area contributed by atoms with Crippen molar-refractivity contribution in [3.63, 3.8) is 0 Å². The third kappa shape index (κ3) is 1.53. The molecule has 1 saturated heterocycles. The Bertz CT molecular complexity index is 147. The van der Waals surface area contributed by atoms with Gasteiger partial charge in [0, 0.05) is 18.6 Å². The van der Waals surface area contributed by atoms with Crippen LogP contribution in [0, 0.1) is 0 Å². The number of hydrogen-bond donors (Lipinski definition) is 0. The molecule has 1 aliphatic heterocycles. The first-order valence-corrected chi connectivity index (χ1v) is 4.04. The monoisotopic (exact) mass is 156 g/mol. The van der Waals surface area contributed by atoms with E-state index >= 15 is 0 Å². The van der Waals surface area contributed by atoms with E-state index in [0.29, 0.717) is 12.1 Å². The zero-order chi connectivity index (χ0) is 8.43. The van der Waals surface area contributed by atoms with Gasteiger partial charge in [0.2, 0.25) is 6.41 Å². The van der Waals surface area contributed by atoms with Crippen LogP contribution in [-0.4, -0.2) is 48.9 Å². The summed E-state index contributed by atoms with van der Waals surface area (Å²) in [5.74, 6) is 0. The molecule has 11 heavy (non-hydrogen) atoms. The maximum Gasteiger partial charge on any atom is 0.209 e. The Hall–Kier alpha value is -0.570. The van der Waals surface area contributed by atoms with Gasteiger partial charge in [0.15, 0.2) is 0 Å². The topological polar surface area (TPSA) is 23.6 Å². The third-order valence-electron chi connectivity index (χ3n) is 2.56. The molecule has 0 N–H and O–H groups in total. The molecule has 0 spiro atoms. The van der Waals surface area contributed by atoms with Crippen LogP contribution in [0.2, 0.25) is 0 Å². The van der Waals surface area contributed by atoms with Crippen molar-refractivity contribution >= 4 is 6.41 Å². The van der Waals surface area contributed by atoms with Crippen molar-refractivity contribution in [1.82, 2.24) is 9.80 Å². The van der Waals surface area contributed by atoms with Gasteiger partial charge in [-0.25, -0.2) is 0 Å². The Morgan fingerprint density at radius 3 is 2.45 bits per heavy atom. The van der Waals surface area contributed by atoms with Crippen molar-refractivity contribution < 1.29 is 4.79 Å². The summed E-state index contributed by atoms with van der Waals surface area (Å²) in [5, 5.41) is 0. The van der Waals surface area contributed by atoms with Gasteiger partial charge in [-0.05, 0) is 27.4 Å². The standard InChI is InChI=1S/C8H16N2O/c1-7-8(9(2)3)4-5-10(7)6-11/h6-8H,4-5H2,1-3H3. The third-order valence-corrected chi connectivity index (χ3v) is 2.56. The number of carbonyl (C=O) groups is 1. The molecule has 0 aromatic carbocycles. The summed E-state index contributed by atoms with van der Waals surface area (Å²) in [4.78, 5) is 14.5. The number of rotatable bonds is 2. The molecule has 1 amide bonds. The van der Waals surface area contributed by atoms with Crippen molar-refractivity contribution in [1.29, 1.82) is 0 Å². The van der Waals surface area contributed by atoms with Gasteiger partial charge in [-0.3, -0.25) is 4.79 Å². The van der Waals surface area contributed by atoms with E-state index in [2.05, 4.69) is 25.9 Å². The molecule has 0 bridgehead atoms. The van der Waals surface area contributed by atoms with Gasteiger partial charge in [0.25, 0.3) is 0 Å². The van der Waals surface area contributed by atoms with Crippen LogP contribution in [0.5, 0.6) is 0 Å². The lowest BCUT2D eigenvalue weighted by Gasteiger charge is -2.25. The second kappa shape index (κ2) is 3.22. The molecule has 3 nitrogen and oxygen atoms in total. The fourth-order valence-electron chi connectivity index (χ4n) is 1.79. The molecule has 1 heterocycles. The zero-order valence-corrected chi connectivity index (χ0v) is 7.45. The fraction of sp³-hybridized carbons (Fsp3) is 0.875. The minimum Gasteiger partial charge on any atom is -0.341 e. The van der Waals surface area contributed by atoms with Gasteiger partial charge in [-0.2, -0.15) is 0 Å². The number of amides is 1. The quantitative estimate of drug-likeness (QED) is 0.532. The first-order valence-electron chi connectivity index (χ1n) is 4.04. The lowest BCUT2D eigenvalue weighted by Crippen LogP contribution is -2.39. The molecule has 2 unspecified atom stereocenters. The van der Waals surface area contributed by atoms with Crippen LogP contribution in [0.1, 0.15) is 13.3 Å². The van der Waals surface area contributed by atoms with E-state index < -0.39 is 0 Å². The SMILES string of the molecule is CC1C(N(C)C)CCN1C=O. The molecule has 64 valence electrons. The predicted molar refractivity (Wildman–Crippen MR) is 44.3 cm³/mol. The summed E-state index contributed by atoms with van der Waals surface area (Å²) in [6, 6.07) is 0.919. The van der Waals surface area contributed by atoms with Crippen LogP contribution in [-0.2, 0) is 4.79 Å². The van der Waals surface area contributed by atoms with Crippen LogP contribution < -0.4 is 0 Å². The Morgan fingerprint density at radius 2 is 2.18 bits per heavy atom. The minimum atomic E-state index is 0.377. The number of likely N-dealkylation sites (N-methyl/N-ethyl adjacent to an activating group) is 1. The molecule has 0 aliphatic carbocycles. The first-order chi connectivity index (χ1) is 5.16. The highest BCUT2D eigenvalue weighted by atomic mass is 16.1. The van der Waals surface area contributed by atoms with Crippen molar-refractivity contribution in [2.45, 2.75) is 25.4 Å². The molecule has 1 fully saturated rings.